The number of nitrogens with zero attached hydrogens (tertiary/aromatic N) is 3. The third kappa shape index (κ3) is 4.67. The third-order valence-corrected chi connectivity index (χ3v) is 4.92. The van der Waals surface area contributed by atoms with Gasteiger partial charge in [-0.15, -0.1) is 0 Å². The molecule has 0 fully saturated rings. The van der Waals surface area contributed by atoms with Gasteiger partial charge in [-0.3, -0.25) is 4.79 Å². The number of benzene rings is 3. The third-order valence-electron chi connectivity index (χ3n) is 4.92. The number of halogens is 1. The molecule has 4 aromatic rings. The lowest BCUT2D eigenvalue weighted by Gasteiger charge is -2.25. The van der Waals surface area contributed by atoms with Crippen LogP contribution in [0.15, 0.2) is 72.8 Å². The lowest BCUT2D eigenvalue weighted by Crippen LogP contribution is -2.31. The highest BCUT2D eigenvalue weighted by Crippen LogP contribution is 2.32. The molecular formula is C25H22FN3O3. The monoisotopic (exact) mass is 431 g/mol. The molecule has 0 saturated carbocycles. The minimum Gasteiger partial charge on any atom is -0.507 e. The Morgan fingerprint density at radius 2 is 1.78 bits per heavy atom. The summed E-state index contributed by atoms with van der Waals surface area (Å²) in [5.74, 6) is -0.173. The van der Waals surface area contributed by atoms with E-state index < -0.39 is 11.8 Å². The number of phenolic OH excluding ortho intramolecular Hbond substituents is 1. The first kappa shape index (κ1) is 21.2. The van der Waals surface area contributed by atoms with Crippen LogP contribution in [0, 0.1) is 5.82 Å². The van der Waals surface area contributed by atoms with Gasteiger partial charge in [-0.05, 0) is 42.8 Å². The Bertz CT molecular complexity index is 1250. The molecule has 0 bridgehead atoms. The number of hydrogen-bond acceptors (Lipinski definition) is 6. The van der Waals surface area contributed by atoms with E-state index in [2.05, 4.69) is 9.97 Å². The zero-order valence-corrected chi connectivity index (χ0v) is 17.5. The number of carbonyl (C=O) groups is 1. The van der Waals surface area contributed by atoms with Crippen molar-refractivity contribution >= 4 is 22.7 Å². The molecule has 0 saturated heterocycles. The fraction of sp³-hybridized carbons (Fsp3) is 0.160. The van der Waals surface area contributed by atoms with E-state index in [4.69, 9.17) is 4.74 Å². The van der Waals surface area contributed by atoms with E-state index in [9.17, 15) is 14.3 Å². The van der Waals surface area contributed by atoms with Crippen LogP contribution in [0.2, 0.25) is 0 Å². The summed E-state index contributed by atoms with van der Waals surface area (Å²) in [5, 5.41) is 10.8. The summed E-state index contributed by atoms with van der Waals surface area (Å²) in [7, 11) is 0. The fourth-order valence-electron chi connectivity index (χ4n) is 3.48. The van der Waals surface area contributed by atoms with Crippen molar-refractivity contribution in [2.24, 2.45) is 0 Å². The van der Waals surface area contributed by atoms with Crippen LogP contribution >= 0.6 is 0 Å². The molecule has 1 heterocycles. The summed E-state index contributed by atoms with van der Waals surface area (Å²) in [4.78, 5) is 23.3. The molecule has 0 atom stereocenters. The van der Waals surface area contributed by atoms with Gasteiger partial charge in [0, 0.05) is 11.9 Å². The molecule has 4 rings (SSSR count). The molecule has 7 heteroatoms. The fourth-order valence-corrected chi connectivity index (χ4v) is 3.48. The van der Waals surface area contributed by atoms with Crippen LogP contribution in [0.1, 0.15) is 12.5 Å². The summed E-state index contributed by atoms with van der Waals surface area (Å²) < 4.78 is 19.3. The highest BCUT2D eigenvalue weighted by Gasteiger charge is 2.20. The quantitative estimate of drug-likeness (QED) is 0.427. The van der Waals surface area contributed by atoms with E-state index in [0.29, 0.717) is 28.8 Å². The van der Waals surface area contributed by atoms with E-state index in [1.807, 2.05) is 30.3 Å². The molecule has 6 nitrogen and oxygen atoms in total. The van der Waals surface area contributed by atoms with E-state index in [-0.39, 0.29) is 24.7 Å². The second-order valence-electron chi connectivity index (χ2n) is 7.20. The van der Waals surface area contributed by atoms with Crippen LogP contribution < -0.4 is 4.90 Å². The Morgan fingerprint density at radius 3 is 2.53 bits per heavy atom. The summed E-state index contributed by atoms with van der Waals surface area (Å²) >= 11 is 0. The molecule has 3 aromatic carbocycles. The zero-order chi connectivity index (χ0) is 22.5. The Hall–Kier alpha value is -4.00. The second kappa shape index (κ2) is 9.43. The van der Waals surface area contributed by atoms with Gasteiger partial charge in [0.2, 0.25) is 0 Å². The van der Waals surface area contributed by atoms with Crippen LogP contribution in [0.3, 0.4) is 0 Å². The van der Waals surface area contributed by atoms with Crippen LogP contribution in [-0.2, 0) is 16.1 Å². The summed E-state index contributed by atoms with van der Waals surface area (Å²) in [5.41, 5.74) is 1.89. The maximum atomic E-state index is 14.2. The first-order valence-electron chi connectivity index (χ1n) is 10.3. The maximum Gasteiger partial charge on any atom is 0.325 e. The minimum atomic E-state index is -0.437. The van der Waals surface area contributed by atoms with Crippen LogP contribution in [0.5, 0.6) is 5.75 Å². The average molecular weight is 431 g/mol. The number of para-hydroxylation sites is 1. The van der Waals surface area contributed by atoms with Crippen molar-refractivity contribution in [3.05, 3.63) is 84.2 Å². The highest BCUT2D eigenvalue weighted by molar-refractivity contribution is 5.92. The molecule has 0 amide bonds. The number of anilines is 1. The highest BCUT2D eigenvalue weighted by atomic mass is 19.1. The predicted octanol–water partition coefficient (Wildman–Crippen LogP) is 4.71. The molecule has 0 aliphatic carbocycles. The molecule has 0 unspecified atom stereocenters. The molecule has 162 valence electrons. The number of aromatic nitrogens is 2. The number of phenols is 1. The van der Waals surface area contributed by atoms with Gasteiger partial charge in [-0.2, -0.15) is 0 Å². The molecule has 1 aromatic heterocycles. The number of hydrogen-bond donors (Lipinski definition) is 1. The molecule has 0 radical (unpaired) electrons. The van der Waals surface area contributed by atoms with Gasteiger partial charge < -0.3 is 14.7 Å². The van der Waals surface area contributed by atoms with E-state index in [1.165, 1.54) is 12.1 Å². The molecule has 32 heavy (non-hydrogen) atoms. The molecular weight excluding hydrogens is 409 g/mol. The Balaban J connectivity index is 1.89. The number of aromatic hydroxyl groups is 1. The Morgan fingerprint density at radius 1 is 1.03 bits per heavy atom. The van der Waals surface area contributed by atoms with Crippen molar-refractivity contribution in [1.29, 1.82) is 0 Å². The standard InChI is InChI=1S/C25H22FN3O3/c1-2-32-23(31)16-29(15-17-8-4-3-5-9-17)25-20-14-18(26)12-13-21(20)27-24(28-25)19-10-6-7-11-22(19)30/h3-14,30H,2,15-16H2,1H3. The van der Waals surface area contributed by atoms with Crippen LogP contribution in [0.25, 0.3) is 22.3 Å². The number of ether oxygens (including phenoxy) is 1. The Labute approximate surface area is 184 Å². The smallest absolute Gasteiger partial charge is 0.325 e. The zero-order valence-electron chi connectivity index (χ0n) is 17.5. The Kier molecular flexibility index (Phi) is 6.26. The van der Waals surface area contributed by atoms with Crippen LogP contribution in [0.4, 0.5) is 10.2 Å². The average Bonchev–Trinajstić information content (AvgIpc) is 2.79. The molecule has 1 N–H and O–H groups in total. The van der Waals surface area contributed by atoms with Gasteiger partial charge in [-0.25, -0.2) is 14.4 Å². The molecule has 0 spiro atoms. The molecule has 0 aliphatic heterocycles. The summed E-state index contributed by atoms with van der Waals surface area (Å²) in [6, 6.07) is 20.6. The van der Waals surface area contributed by atoms with Gasteiger partial charge in [0.15, 0.2) is 5.82 Å². The predicted molar refractivity (Wildman–Crippen MR) is 121 cm³/mol. The minimum absolute atomic E-state index is 0.0277. The lowest BCUT2D eigenvalue weighted by atomic mass is 10.1. The first-order chi connectivity index (χ1) is 15.5. The van der Waals surface area contributed by atoms with E-state index >= 15 is 0 Å². The van der Waals surface area contributed by atoms with Gasteiger partial charge in [0.05, 0.1) is 17.7 Å². The van der Waals surface area contributed by atoms with Crippen molar-refractivity contribution < 1.29 is 19.0 Å². The molecule has 0 aliphatic rings. The summed E-state index contributed by atoms with van der Waals surface area (Å²) in [6.07, 6.45) is 0. The van der Waals surface area contributed by atoms with Gasteiger partial charge in [0.1, 0.15) is 23.9 Å². The normalized spacial score (nSPS) is 10.8. The summed E-state index contributed by atoms with van der Waals surface area (Å²) in [6.45, 7) is 2.26. The van der Waals surface area contributed by atoms with Gasteiger partial charge in [0.25, 0.3) is 0 Å². The number of rotatable bonds is 7. The van der Waals surface area contributed by atoms with Crippen LogP contribution in [-0.4, -0.2) is 34.2 Å². The van der Waals surface area contributed by atoms with Gasteiger partial charge in [-0.1, -0.05) is 42.5 Å². The number of carbonyl (C=O) groups excluding carboxylic acids is 1. The largest absolute Gasteiger partial charge is 0.507 e. The maximum absolute atomic E-state index is 14.2. The van der Waals surface area contributed by atoms with Crippen molar-refractivity contribution in [2.75, 3.05) is 18.1 Å². The van der Waals surface area contributed by atoms with Crippen molar-refractivity contribution in [1.82, 2.24) is 9.97 Å². The first-order valence-corrected chi connectivity index (χ1v) is 10.3. The second-order valence-corrected chi connectivity index (χ2v) is 7.20. The topological polar surface area (TPSA) is 75.5 Å². The van der Waals surface area contributed by atoms with Crippen molar-refractivity contribution in [3.63, 3.8) is 0 Å². The number of esters is 1. The van der Waals surface area contributed by atoms with Crippen molar-refractivity contribution in [3.8, 4) is 17.1 Å². The van der Waals surface area contributed by atoms with Gasteiger partial charge >= 0.3 is 5.97 Å². The SMILES string of the molecule is CCOC(=O)CN(Cc1ccccc1)c1nc(-c2ccccc2O)nc2ccc(F)cc12. The van der Waals surface area contributed by atoms with E-state index in [1.54, 1.807) is 42.2 Å². The van der Waals surface area contributed by atoms with E-state index in [0.717, 1.165) is 5.56 Å². The van der Waals surface area contributed by atoms with Crippen molar-refractivity contribution in [2.45, 2.75) is 13.5 Å². The lowest BCUT2D eigenvalue weighted by molar-refractivity contribution is -0.141. The number of fused-ring (bicyclic) bond motifs is 1.